The van der Waals surface area contributed by atoms with Gasteiger partial charge in [0.1, 0.15) is 0 Å². The van der Waals surface area contributed by atoms with Crippen LogP contribution in [-0.4, -0.2) is 40.8 Å². The van der Waals surface area contributed by atoms with Gasteiger partial charge in [-0.2, -0.15) is 0 Å². The van der Waals surface area contributed by atoms with Crippen molar-refractivity contribution >= 4 is 23.5 Å². The second kappa shape index (κ2) is 6.25. The molecule has 1 aromatic rings. The summed E-state index contributed by atoms with van der Waals surface area (Å²) >= 11 is 0. The van der Waals surface area contributed by atoms with Crippen LogP contribution in [0.3, 0.4) is 0 Å². The minimum atomic E-state index is -1.10. The van der Waals surface area contributed by atoms with E-state index in [-0.39, 0.29) is 0 Å². The predicted molar refractivity (Wildman–Crippen MR) is 72.4 cm³/mol. The van der Waals surface area contributed by atoms with E-state index in [1.807, 2.05) is 0 Å². The maximum atomic E-state index is 11.9. The standard InChI is InChI=1S/C14H14O8/c1-5(15)8-10(14(20)21-4)9(6(2)16)13(22-7(3)17)12(19)11(8)18/h18-19H,1-4H3. The molecule has 0 aliphatic carbocycles. The Morgan fingerprint density at radius 1 is 0.818 bits per heavy atom. The number of aromatic hydroxyl groups is 2. The largest absolute Gasteiger partial charge is 0.504 e. The Kier molecular flexibility index (Phi) is 4.87. The Labute approximate surface area is 125 Å². The summed E-state index contributed by atoms with van der Waals surface area (Å²) in [6.07, 6.45) is 0. The molecule has 0 aromatic heterocycles. The van der Waals surface area contributed by atoms with Crippen LogP contribution >= 0.6 is 0 Å². The molecule has 0 amide bonds. The van der Waals surface area contributed by atoms with E-state index in [1.165, 1.54) is 0 Å². The average molecular weight is 310 g/mol. The Morgan fingerprint density at radius 2 is 1.32 bits per heavy atom. The molecular formula is C14H14O8. The van der Waals surface area contributed by atoms with Gasteiger partial charge in [-0.3, -0.25) is 14.4 Å². The van der Waals surface area contributed by atoms with Crippen molar-refractivity contribution in [3.05, 3.63) is 16.7 Å². The van der Waals surface area contributed by atoms with Crippen LogP contribution in [0, 0.1) is 0 Å². The van der Waals surface area contributed by atoms with E-state index in [4.69, 9.17) is 4.74 Å². The fourth-order valence-corrected chi connectivity index (χ4v) is 1.93. The highest BCUT2D eigenvalue weighted by Gasteiger charge is 2.33. The van der Waals surface area contributed by atoms with Crippen molar-refractivity contribution in [3.63, 3.8) is 0 Å². The number of hydrogen-bond acceptors (Lipinski definition) is 8. The Hall–Kier alpha value is -2.90. The Bertz CT molecular complexity index is 687. The van der Waals surface area contributed by atoms with Crippen LogP contribution in [0.5, 0.6) is 17.2 Å². The van der Waals surface area contributed by atoms with Gasteiger partial charge in [-0.05, 0) is 13.8 Å². The minimum Gasteiger partial charge on any atom is -0.504 e. The smallest absolute Gasteiger partial charge is 0.339 e. The number of ketones is 2. The van der Waals surface area contributed by atoms with Crippen LogP contribution in [0.25, 0.3) is 0 Å². The highest BCUT2D eigenvalue weighted by molar-refractivity contribution is 6.16. The molecule has 0 saturated carbocycles. The number of benzene rings is 1. The van der Waals surface area contributed by atoms with Gasteiger partial charge >= 0.3 is 11.9 Å². The molecule has 0 bridgehead atoms. The molecule has 0 heterocycles. The first kappa shape index (κ1) is 17.2. The predicted octanol–water partition coefficient (Wildman–Crippen LogP) is 1.21. The van der Waals surface area contributed by atoms with E-state index in [1.54, 1.807) is 0 Å². The van der Waals surface area contributed by atoms with E-state index in [0.717, 1.165) is 27.9 Å². The van der Waals surface area contributed by atoms with Crippen LogP contribution < -0.4 is 4.74 Å². The lowest BCUT2D eigenvalue weighted by Gasteiger charge is -2.17. The first-order chi connectivity index (χ1) is 10.1. The van der Waals surface area contributed by atoms with Gasteiger partial charge in [-0.15, -0.1) is 0 Å². The topological polar surface area (TPSA) is 127 Å². The summed E-state index contributed by atoms with van der Waals surface area (Å²) in [5.41, 5.74) is -1.69. The van der Waals surface area contributed by atoms with Gasteiger partial charge in [0.15, 0.2) is 23.1 Å². The van der Waals surface area contributed by atoms with E-state index in [9.17, 15) is 29.4 Å². The first-order valence-electron chi connectivity index (χ1n) is 6.03. The Balaban J connectivity index is 4.02. The van der Waals surface area contributed by atoms with E-state index in [2.05, 4.69) is 4.74 Å². The summed E-state index contributed by atoms with van der Waals surface area (Å²) in [5, 5.41) is 19.8. The zero-order valence-electron chi connectivity index (χ0n) is 12.3. The number of carbonyl (C=O) groups excluding carboxylic acids is 4. The number of hydrogen-bond donors (Lipinski definition) is 2. The van der Waals surface area contributed by atoms with Gasteiger partial charge in [0.2, 0.25) is 5.75 Å². The van der Waals surface area contributed by atoms with Crippen molar-refractivity contribution in [2.75, 3.05) is 7.11 Å². The number of Topliss-reactive ketones (excluding diaryl/α,β-unsaturated/α-hetero) is 2. The summed E-state index contributed by atoms with van der Waals surface area (Å²) in [7, 11) is 1.01. The molecule has 0 radical (unpaired) electrons. The molecule has 0 fully saturated rings. The molecule has 0 aliphatic rings. The first-order valence-corrected chi connectivity index (χ1v) is 6.03. The third-order valence-electron chi connectivity index (χ3n) is 2.74. The number of carbonyl (C=O) groups is 4. The van der Waals surface area contributed by atoms with Crippen molar-refractivity contribution in [1.82, 2.24) is 0 Å². The quantitative estimate of drug-likeness (QED) is 0.368. The molecule has 1 rings (SSSR count). The molecule has 8 nitrogen and oxygen atoms in total. The van der Waals surface area contributed by atoms with Gasteiger partial charge in [-0.25, -0.2) is 4.79 Å². The van der Waals surface area contributed by atoms with Crippen molar-refractivity contribution in [2.24, 2.45) is 0 Å². The second-order valence-corrected chi connectivity index (χ2v) is 4.35. The van der Waals surface area contributed by atoms with Gasteiger partial charge < -0.3 is 19.7 Å². The molecule has 22 heavy (non-hydrogen) atoms. The summed E-state index contributed by atoms with van der Waals surface area (Å²) in [4.78, 5) is 46.5. The van der Waals surface area contributed by atoms with Gasteiger partial charge in [0.25, 0.3) is 0 Å². The molecule has 1 aromatic carbocycles. The Morgan fingerprint density at radius 3 is 1.68 bits per heavy atom. The molecule has 0 saturated heterocycles. The molecule has 2 N–H and O–H groups in total. The number of esters is 2. The zero-order valence-corrected chi connectivity index (χ0v) is 12.3. The van der Waals surface area contributed by atoms with Gasteiger partial charge in [0, 0.05) is 6.92 Å². The van der Waals surface area contributed by atoms with Crippen LogP contribution in [0.1, 0.15) is 51.8 Å². The number of phenolic OH excluding ortho intramolecular Hbond substituents is 2. The normalized spacial score (nSPS) is 10.0. The van der Waals surface area contributed by atoms with E-state index < -0.39 is 57.4 Å². The monoisotopic (exact) mass is 310 g/mol. The van der Waals surface area contributed by atoms with Crippen molar-refractivity contribution in [1.29, 1.82) is 0 Å². The number of rotatable bonds is 4. The summed E-state index contributed by atoms with van der Waals surface area (Å²) in [5.74, 6) is -6.22. The molecule has 0 unspecified atom stereocenters. The molecule has 118 valence electrons. The number of methoxy groups -OCH3 is 1. The van der Waals surface area contributed by atoms with Crippen molar-refractivity contribution in [2.45, 2.75) is 20.8 Å². The zero-order chi connectivity index (χ0) is 17.2. The van der Waals surface area contributed by atoms with Crippen molar-refractivity contribution in [3.8, 4) is 17.2 Å². The highest BCUT2D eigenvalue weighted by Crippen LogP contribution is 2.44. The third kappa shape index (κ3) is 2.90. The molecule has 0 atom stereocenters. The van der Waals surface area contributed by atoms with Crippen LogP contribution in [0.2, 0.25) is 0 Å². The summed E-state index contributed by atoms with van der Waals surface area (Å²) in [6, 6.07) is 0. The van der Waals surface area contributed by atoms with Crippen LogP contribution in [0.4, 0.5) is 0 Å². The fraction of sp³-hybridized carbons (Fsp3) is 0.286. The van der Waals surface area contributed by atoms with E-state index >= 15 is 0 Å². The number of ether oxygens (including phenoxy) is 2. The molecule has 0 aliphatic heterocycles. The van der Waals surface area contributed by atoms with Crippen molar-refractivity contribution < 1.29 is 38.9 Å². The molecular weight excluding hydrogens is 296 g/mol. The van der Waals surface area contributed by atoms with Crippen LogP contribution in [-0.2, 0) is 9.53 Å². The average Bonchev–Trinajstić information content (AvgIpc) is 2.41. The lowest BCUT2D eigenvalue weighted by atomic mass is 9.93. The van der Waals surface area contributed by atoms with E-state index in [0.29, 0.717) is 0 Å². The maximum absolute atomic E-state index is 11.9. The lowest BCUT2D eigenvalue weighted by Crippen LogP contribution is -2.17. The fourth-order valence-electron chi connectivity index (χ4n) is 1.93. The minimum absolute atomic E-state index is 0.525. The van der Waals surface area contributed by atoms with Gasteiger partial charge in [-0.1, -0.05) is 0 Å². The highest BCUT2D eigenvalue weighted by atomic mass is 16.5. The third-order valence-corrected chi connectivity index (χ3v) is 2.74. The molecule has 8 heteroatoms. The number of phenols is 2. The summed E-state index contributed by atoms with van der Waals surface area (Å²) in [6.45, 7) is 3.06. The van der Waals surface area contributed by atoms with Gasteiger partial charge in [0.05, 0.1) is 23.8 Å². The second-order valence-electron chi connectivity index (χ2n) is 4.35. The molecule has 0 spiro atoms. The lowest BCUT2D eigenvalue weighted by molar-refractivity contribution is -0.132. The SMILES string of the molecule is COC(=O)c1c(C(C)=O)c(O)c(O)c(OC(C)=O)c1C(C)=O. The van der Waals surface area contributed by atoms with Crippen LogP contribution in [0.15, 0.2) is 0 Å². The maximum Gasteiger partial charge on any atom is 0.339 e. The summed E-state index contributed by atoms with van der Waals surface area (Å²) < 4.78 is 9.20.